The molecule has 2 N–H and O–H groups in total. The van der Waals surface area contributed by atoms with Gasteiger partial charge in [-0.2, -0.15) is 0 Å². The quantitative estimate of drug-likeness (QED) is 0.833. The lowest BCUT2D eigenvalue weighted by Gasteiger charge is -2.36. The fraction of sp³-hybridized carbons (Fsp3) is 0.632. The Hall–Kier alpha value is -1.06. The molecule has 23 heavy (non-hydrogen) atoms. The van der Waals surface area contributed by atoms with Gasteiger partial charge in [0.05, 0.1) is 6.04 Å². The summed E-state index contributed by atoms with van der Waals surface area (Å²) in [7, 11) is 0. The molecule has 1 heterocycles. The van der Waals surface area contributed by atoms with Gasteiger partial charge in [-0.05, 0) is 43.2 Å². The highest BCUT2D eigenvalue weighted by Gasteiger charge is 2.26. The van der Waals surface area contributed by atoms with Gasteiger partial charge in [0, 0.05) is 12.0 Å². The van der Waals surface area contributed by atoms with Gasteiger partial charge in [-0.25, -0.2) is 5.84 Å². The number of hydrazine groups is 1. The fourth-order valence-corrected chi connectivity index (χ4v) is 3.15. The SMILES string of the molecule is CC(Cc1ccc(C(C)(C)C)cc1)C1=N[C@H](C)C[C@H](C)N1N.Cl. The second kappa shape index (κ2) is 7.67. The fourth-order valence-electron chi connectivity index (χ4n) is 3.15. The van der Waals surface area contributed by atoms with E-state index in [9.17, 15) is 0 Å². The molecule has 3 atom stereocenters. The zero-order valence-electron chi connectivity index (χ0n) is 15.3. The van der Waals surface area contributed by atoms with Gasteiger partial charge in [-0.3, -0.25) is 10.0 Å². The summed E-state index contributed by atoms with van der Waals surface area (Å²) in [5.74, 6) is 7.61. The van der Waals surface area contributed by atoms with Gasteiger partial charge in [0.25, 0.3) is 0 Å². The number of nitrogens with zero attached hydrogens (tertiary/aromatic N) is 2. The predicted octanol–water partition coefficient (Wildman–Crippen LogP) is 4.34. The summed E-state index contributed by atoms with van der Waals surface area (Å²) in [5.41, 5.74) is 2.93. The minimum atomic E-state index is 0. The number of benzene rings is 1. The Kier molecular flexibility index (Phi) is 6.67. The maximum absolute atomic E-state index is 6.22. The Morgan fingerprint density at radius 1 is 1.22 bits per heavy atom. The molecule has 130 valence electrons. The summed E-state index contributed by atoms with van der Waals surface area (Å²) in [6.45, 7) is 13.3. The van der Waals surface area contributed by atoms with E-state index in [1.165, 1.54) is 11.1 Å². The van der Waals surface area contributed by atoms with E-state index in [-0.39, 0.29) is 17.8 Å². The Bertz CT molecular complexity index is 531. The number of nitrogens with two attached hydrogens (primary N) is 1. The van der Waals surface area contributed by atoms with E-state index in [1.54, 1.807) is 0 Å². The molecule has 1 aliphatic rings. The van der Waals surface area contributed by atoms with Gasteiger partial charge in [-0.1, -0.05) is 52.0 Å². The summed E-state index contributed by atoms with van der Waals surface area (Å²) in [6, 6.07) is 9.72. The first-order valence-electron chi connectivity index (χ1n) is 8.39. The zero-order valence-corrected chi connectivity index (χ0v) is 16.2. The van der Waals surface area contributed by atoms with Gasteiger partial charge in [0.2, 0.25) is 0 Å². The molecule has 1 aromatic carbocycles. The lowest BCUT2D eigenvalue weighted by atomic mass is 9.86. The molecule has 0 fully saturated rings. The van der Waals surface area contributed by atoms with Crippen LogP contribution in [0.1, 0.15) is 59.1 Å². The van der Waals surface area contributed by atoms with Crippen LogP contribution in [0.3, 0.4) is 0 Å². The Morgan fingerprint density at radius 2 is 1.78 bits per heavy atom. The molecule has 1 aromatic rings. The second-order valence-corrected chi connectivity index (χ2v) is 7.88. The smallest absolute Gasteiger partial charge is 0.117 e. The minimum Gasteiger partial charge on any atom is -0.296 e. The van der Waals surface area contributed by atoms with Crippen molar-refractivity contribution < 1.29 is 0 Å². The van der Waals surface area contributed by atoms with E-state index in [0.29, 0.717) is 18.0 Å². The van der Waals surface area contributed by atoms with Crippen LogP contribution >= 0.6 is 12.4 Å². The van der Waals surface area contributed by atoms with Crippen LogP contribution in [-0.2, 0) is 11.8 Å². The van der Waals surface area contributed by atoms with Crippen LogP contribution in [0.15, 0.2) is 29.3 Å². The van der Waals surface area contributed by atoms with Crippen LogP contribution < -0.4 is 5.84 Å². The second-order valence-electron chi connectivity index (χ2n) is 7.88. The normalized spacial score (nSPS) is 23.1. The molecule has 0 aliphatic carbocycles. The van der Waals surface area contributed by atoms with Gasteiger partial charge in [-0.15, -0.1) is 12.4 Å². The molecule has 1 aliphatic heterocycles. The largest absolute Gasteiger partial charge is 0.296 e. The van der Waals surface area contributed by atoms with Crippen molar-refractivity contribution in [3.63, 3.8) is 0 Å². The Labute approximate surface area is 147 Å². The molecule has 0 saturated heterocycles. The first-order valence-corrected chi connectivity index (χ1v) is 8.39. The predicted molar refractivity (Wildman–Crippen MR) is 102 cm³/mol. The van der Waals surface area contributed by atoms with E-state index < -0.39 is 0 Å². The van der Waals surface area contributed by atoms with Crippen molar-refractivity contribution in [1.82, 2.24) is 5.01 Å². The van der Waals surface area contributed by atoms with Gasteiger partial charge in [0.1, 0.15) is 5.84 Å². The lowest BCUT2D eigenvalue weighted by Crippen LogP contribution is -2.51. The van der Waals surface area contributed by atoms with Crippen LogP contribution in [0.5, 0.6) is 0 Å². The summed E-state index contributed by atoms with van der Waals surface area (Å²) >= 11 is 0. The van der Waals surface area contributed by atoms with Crippen LogP contribution in [0, 0.1) is 5.92 Å². The molecule has 0 aromatic heterocycles. The monoisotopic (exact) mass is 337 g/mol. The molecule has 0 saturated carbocycles. The van der Waals surface area contributed by atoms with Crippen molar-refractivity contribution in [2.45, 2.75) is 71.9 Å². The summed E-state index contributed by atoms with van der Waals surface area (Å²) in [5, 5.41) is 1.87. The third-order valence-electron chi connectivity index (χ3n) is 4.58. The standard InChI is InChI=1S/C19H31N3.ClH/c1-13(18-21-14(2)12-15(3)22(18)20)11-16-7-9-17(10-8-16)19(4,5)6;/h7-10,13-15H,11-12,20H2,1-6H3;1H/t13?,14-,15+;/m1./s1. The van der Waals surface area contributed by atoms with E-state index >= 15 is 0 Å². The molecule has 0 radical (unpaired) electrons. The molecule has 3 nitrogen and oxygen atoms in total. The third-order valence-corrected chi connectivity index (χ3v) is 4.58. The summed E-state index contributed by atoms with van der Waals surface area (Å²) in [6.07, 6.45) is 2.02. The number of hydrogen-bond acceptors (Lipinski definition) is 3. The first kappa shape index (κ1) is 20.0. The van der Waals surface area contributed by atoms with Crippen LogP contribution in [0.2, 0.25) is 0 Å². The molecule has 0 bridgehead atoms. The van der Waals surface area contributed by atoms with Crippen molar-refractivity contribution in [3.8, 4) is 0 Å². The van der Waals surface area contributed by atoms with Crippen molar-refractivity contribution in [2.24, 2.45) is 16.8 Å². The molecule has 0 spiro atoms. The van der Waals surface area contributed by atoms with Crippen molar-refractivity contribution >= 4 is 18.2 Å². The number of rotatable bonds is 3. The van der Waals surface area contributed by atoms with Gasteiger partial charge < -0.3 is 0 Å². The number of halogens is 1. The van der Waals surface area contributed by atoms with Crippen LogP contribution in [-0.4, -0.2) is 22.9 Å². The molecule has 0 amide bonds. The Morgan fingerprint density at radius 3 is 2.30 bits per heavy atom. The third kappa shape index (κ3) is 4.95. The lowest BCUT2D eigenvalue weighted by molar-refractivity contribution is 0.273. The number of aliphatic imine (C=N–C) groups is 1. The van der Waals surface area contributed by atoms with E-state index in [2.05, 4.69) is 65.8 Å². The maximum atomic E-state index is 6.22. The average molecular weight is 338 g/mol. The highest BCUT2D eigenvalue weighted by atomic mass is 35.5. The van der Waals surface area contributed by atoms with Gasteiger partial charge in [0.15, 0.2) is 0 Å². The highest BCUT2D eigenvalue weighted by molar-refractivity contribution is 5.85. The average Bonchev–Trinajstić information content (AvgIpc) is 2.42. The topological polar surface area (TPSA) is 41.6 Å². The summed E-state index contributed by atoms with van der Waals surface area (Å²) in [4.78, 5) is 4.78. The van der Waals surface area contributed by atoms with Crippen molar-refractivity contribution in [3.05, 3.63) is 35.4 Å². The van der Waals surface area contributed by atoms with Crippen LogP contribution in [0.25, 0.3) is 0 Å². The van der Waals surface area contributed by atoms with E-state index in [1.807, 2.05) is 5.01 Å². The van der Waals surface area contributed by atoms with Crippen LogP contribution in [0.4, 0.5) is 0 Å². The zero-order chi connectivity index (χ0) is 16.5. The maximum Gasteiger partial charge on any atom is 0.117 e. The Balaban J connectivity index is 0.00000264. The molecule has 1 unspecified atom stereocenters. The van der Waals surface area contributed by atoms with E-state index in [0.717, 1.165) is 18.7 Å². The number of amidine groups is 1. The van der Waals surface area contributed by atoms with Crippen molar-refractivity contribution in [1.29, 1.82) is 0 Å². The van der Waals surface area contributed by atoms with Gasteiger partial charge >= 0.3 is 0 Å². The highest BCUT2D eigenvalue weighted by Crippen LogP contribution is 2.24. The summed E-state index contributed by atoms with van der Waals surface area (Å²) < 4.78 is 0. The van der Waals surface area contributed by atoms with Crippen molar-refractivity contribution in [2.75, 3.05) is 0 Å². The molecule has 4 heteroatoms. The first-order chi connectivity index (χ1) is 10.2. The number of hydrogen-bond donors (Lipinski definition) is 1. The minimum absolute atomic E-state index is 0. The molecular weight excluding hydrogens is 306 g/mol. The van der Waals surface area contributed by atoms with E-state index in [4.69, 9.17) is 10.8 Å². The molecule has 2 rings (SSSR count). The molecular formula is C19H32ClN3.